The maximum Gasteiger partial charge on any atom is 0.215 e. The molecule has 8 heteroatoms. The fourth-order valence-electron chi connectivity index (χ4n) is 2.18. The zero-order valence-corrected chi connectivity index (χ0v) is 15.5. The highest BCUT2D eigenvalue weighted by Gasteiger charge is 2.21. The van der Waals surface area contributed by atoms with Crippen molar-refractivity contribution < 1.29 is 13.2 Å². The summed E-state index contributed by atoms with van der Waals surface area (Å²) in [4.78, 5) is 4.09. The summed E-state index contributed by atoms with van der Waals surface area (Å²) in [6.07, 6.45) is 3.53. The standard InChI is InChI=1S/C15H32N4O3S/c1-4-19(5-2)23(20,21)12-10-18-15(16-3)17-9-6-11-22-13-14-7-8-14/h14H,4-13H2,1-3H3,(H2,16,17,18). The van der Waals surface area contributed by atoms with E-state index in [0.29, 0.717) is 25.6 Å². The van der Waals surface area contributed by atoms with Crippen LogP contribution in [0.25, 0.3) is 0 Å². The second kappa shape index (κ2) is 10.8. The molecule has 1 aliphatic carbocycles. The number of nitrogens with zero attached hydrogens (tertiary/aromatic N) is 2. The van der Waals surface area contributed by atoms with Gasteiger partial charge >= 0.3 is 0 Å². The largest absolute Gasteiger partial charge is 0.381 e. The van der Waals surface area contributed by atoms with Crippen molar-refractivity contribution in [1.82, 2.24) is 14.9 Å². The predicted octanol–water partition coefficient (Wildman–Crippen LogP) is 0.640. The second-order valence-corrected chi connectivity index (χ2v) is 7.79. The molecule has 1 aliphatic rings. The van der Waals surface area contributed by atoms with Crippen LogP contribution < -0.4 is 10.6 Å². The lowest BCUT2D eigenvalue weighted by Crippen LogP contribution is -2.42. The minimum absolute atomic E-state index is 0.0693. The quantitative estimate of drug-likeness (QED) is 0.307. The van der Waals surface area contributed by atoms with Crippen molar-refractivity contribution >= 4 is 16.0 Å². The van der Waals surface area contributed by atoms with E-state index in [-0.39, 0.29) is 5.75 Å². The van der Waals surface area contributed by atoms with Gasteiger partial charge in [-0.1, -0.05) is 13.8 Å². The number of hydrogen-bond donors (Lipinski definition) is 2. The van der Waals surface area contributed by atoms with Gasteiger partial charge in [0.15, 0.2) is 5.96 Å². The van der Waals surface area contributed by atoms with Crippen LogP contribution in [0, 0.1) is 5.92 Å². The lowest BCUT2D eigenvalue weighted by Gasteiger charge is -2.19. The summed E-state index contributed by atoms with van der Waals surface area (Å²) in [5.74, 6) is 1.49. The third kappa shape index (κ3) is 8.53. The van der Waals surface area contributed by atoms with Gasteiger partial charge < -0.3 is 15.4 Å². The van der Waals surface area contributed by atoms with Gasteiger partial charge in [0, 0.05) is 46.4 Å². The molecular formula is C15H32N4O3S. The Hall–Kier alpha value is -0.860. The number of rotatable bonds is 12. The van der Waals surface area contributed by atoms with E-state index < -0.39 is 10.0 Å². The molecule has 0 amide bonds. The zero-order valence-electron chi connectivity index (χ0n) is 14.7. The van der Waals surface area contributed by atoms with E-state index in [0.717, 1.165) is 32.1 Å². The fraction of sp³-hybridized carbons (Fsp3) is 0.933. The van der Waals surface area contributed by atoms with Gasteiger partial charge in [-0.3, -0.25) is 4.99 Å². The van der Waals surface area contributed by atoms with Crippen LogP contribution in [0.1, 0.15) is 33.1 Å². The van der Waals surface area contributed by atoms with E-state index in [1.54, 1.807) is 7.05 Å². The van der Waals surface area contributed by atoms with Crippen LogP contribution in [-0.4, -0.2) is 70.9 Å². The molecule has 0 atom stereocenters. The van der Waals surface area contributed by atoms with E-state index in [4.69, 9.17) is 4.74 Å². The summed E-state index contributed by atoms with van der Waals surface area (Å²) in [7, 11) is -1.51. The van der Waals surface area contributed by atoms with Crippen molar-refractivity contribution in [2.24, 2.45) is 10.9 Å². The molecule has 0 aromatic carbocycles. The Bertz CT molecular complexity index is 446. The lowest BCUT2D eigenvalue weighted by atomic mass is 10.4. The molecule has 0 aromatic heterocycles. The molecule has 0 aliphatic heterocycles. The van der Waals surface area contributed by atoms with Crippen molar-refractivity contribution in [1.29, 1.82) is 0 Å². The molecule has 0 aromatic rings. The molecule has 0 heterocycles. The Morgan fingerprint density at radius 1 is 1.22 bits per heavy atom. The minimum atomic E-state index is -3.19. The van der Waals surface area contributed by atoms with E-state index >= 15 is 0 Å². The molecule has 0 radical (unpaired) electrons. The van der Waals surface area contributed by atoms with Crippen molar-refractivity contribution in [2.45, 2.75) is 33.1 Å². The highest BCUT2D eigenvalue weighted by molar-refractivity contribution is 7.89. The summed E-state index contributed by atoms with van der Waals surface area (Å²) < 4.78 is 31.2. The summed E-state index contributed by atoms with van der Waals surface area (Å²) in [6, 6.07) is 0. The molecule has 1 fully saturated rings. The number of sulfonamides is 1. The van der Waals surface area contributed by atoms with Crippen LogP contribution in [0.2, 0.25) is 0 Å². The first-order chi connectivity index (χ1) is 11.0. The van der Waals surface area contributed by atoms with Gasteiger partial charge in [0.05, 0.1) is 5.75 Å². The number of guanidine groups is 1. The first-order valence-corrected chi connectivity index (χ1v) is 10.1. The maximum absolute atomic E-state index is 12.1. The van der Waals surface area contributed by atoms with Crippen molar-refractivity contribution in [3.8, 4) is 0 Å². The fourth-order valence-corrected chi connectivity index (χ4v) is 3.59. The SMILES string of the molecule is CCN(CC)S(=O)(=O)CCNC(=NC)NCCCOCC1CC1. The van der Waals surface area contributed by atoms with Gasteiger partial charge in [-0.05, 0) is 25.2 Å². The van der Waals surface area contributed by atoms with Crippen LogP contribution in [0.15, 0.2) is 4.99 Å². The third-order valence-corrected chi connectivity index (χ3v) is 5.81. The van der Waals surface area contributed by atoms with Crippen LogP contribution in [0.5, 0.6) is 0 Å². The highest BCUT2D eigenvalue weighted by Crippen LogP contribution is 2.28. The number of aliphatic imine (C=N–C) groups is 1. The highest BCUT2D eigenvalue weighted by atomic mass is 32.2. The Labute approximate surface area is 140 Å². The molecule has 0 unspecified atom stereocenters. The molecular weight excluding hydrogens is 316 g/mol. The van der Waals surface area contributed by atoms with E-state index in [9.17, 15) is 8.42 Å². The first-order valence-electron chi connectivity index (χ1n) is 8.53. The first kappa shape index (κ1) is 20.2. The molecule has 0 bridgehead atoms. The monoisotopic (exact) mass is 348 g/mol. The van der Waals surface area contributed by atoms with Crippen molar-refractivity contribution in [3.05, 3.63) is 0 Å². The zero-order chi connectivity index (χ0) is 17.1. The van der Waals surface area contributed by atoms with Gasteiger partial charge in [-0.2, -0.15) is 0 Å². The smallest absolute Gasteiger partial charge is 0.215 e. The minimum Gasteiger partial charge on any atom is -0.381 e. The number of nitrogens with one attached hydrogen (secondary N) is 2. The average Bonchev–Trinajstić information content (AvgIpc) is 3.33. The Balaban J connectivity index is 2.12. The van der Waals surface area contributed by atoms with Crippen molar-refractivity contribution in [3.63, 3.8) is 0 Å². The summed E-state index contributed by atoms with van der Waals surface area (Å²) in [6.45, 7) is 7.44. The Kier molecular flexibility index (Phi) is 9.50. The molecule has 136 valence electrons. The molecule has 7 nitrogen and oxygen atoms in total. The molecule has 1 saturated carbocycles. The molecule has 23 heavy (non-hydrogen) atoms. The van der Waals surface area contributed by atoms with Gasteiger partial charge in [-0.25, -0.2) is 12.7 Å². The number of ether oxygens (including phenoxy) is 1. The lowest BCUT2D eigenvalue weighted by molar-refractivity contribution is 0.123. The summed E-state index contributed by atoms with van der Waals surface area (Å²) in [5.41, 5.74) is 0. The van der Waals surface area contributed by atoms with Gasteiger partial charge in [0.25, 0.3) is 0 Å². The normalized spacial score (nSPS) is 15.9. The second-order valence-electron chi connectivity index (χ2n) is 5.70. The van der Waals surface area contributed by atoms with E-state index in [1.807, 2.05) is 13.8 Å². The third-order valence-electron chi connectivity index (χ3n) is 3.78. The molecule has 0 spiro atoms. The van der Waals surface area contributed by atoms with E-state index in [1.165, 1.54) is 17.1 Å². The van der Waals surface area contributed by atoms with Gasteiger partial charge in [-0.15, -0.1) is 0 Å². The molecule has 1 rings (SSSR count). The summed E-state index contributed by atoms with van der Waals surface area (Å²) in [5, 5.41) is 6.21. The molecule has 0 saturated heterocycles. The van der Waals surface area contributed by atoms with Crippen LogP contribution in [0.3, 0.4) is 0 Å². The predicted molar refractivity (Wildman–Crippen MR) is 94.2 cm³/mol. The van der Waals surface area contributed by atoms with Crippen LogP contribution in [0.4, 0.5) is 0 Å². The van der Waals surface area contributed by atoms with Crippen LogP contribution >= 0.6 is 0 Å². The van der Waals surface area contributed by atoms with Crippen molar-refractivity contribution in [2.75, 3.05) is 52.2 Å². The van der Waals surface area contributed by atoms with Crippen LogP contribution in [-0.2, 0) is 14.8 Å². The van der Waals surface area contributed by atoms with E-state index in [2.05, 4.69) is 15.6 Å². The average molecular weight is 349 g/mol. The summed E-state index contributed by atoms with van der Waals surface area (Å²) >= 11 is 0. The Morgan fingerprint density at radius 2 is 1.87 bits per heavy atom. The van der Waals surface area contributed by atoms with Gasteiger partial charge in [0.2, 0.25) is 10.0 Å². The number of hydrogen-bond acceptors (Lipinski definition) is 4. The Morgan fingerprint density at radius 3 is 2.43 bits per heavy atom. The maximum atomic E-state index is 12.1. The molecule has 2 N–H and O–H groups in total. The topological polar surface area (TPSA) is 83.0 Å². The van der Waals surface area contributed by atoms with Gasteiger partial charge in [0.1, 0.15) is 0 Å².